The van der Waals surface area contributed by atoms with Crippen molar-refractivity contribution in [2.24, 2.45) is 0 Å². The summed E-state index contributed by atoms with van der Waals surface area (Å²) >= 11 is 1.37. The van der Waals surface area contributed by atoms with Crippen molar-refractivity contribution in [2.75, 3.05) is 42.1 Å². The van der Waals surface area contributed by atoms with Gasteiger partial charge in [-0.25, -0.2) is 0 Å². The number of hydrogen-bond acceptors (Lipinski definition) is 9. The first-order chi connectivity index (χ1) is 20.0. The monoisotopic (exact) mass is 571 g/mol. The normalized spacial score (nSPS) is 14.0. The van der Waals surface area contributed by atoms with Gasteiger partial charge in [0.05, 0.1) is 16.1 Å². The molecule has 0 aliphatic carbocycles. The van der Waals surface area contributed by atoms with E-state index >= 15 is 0 Å². The Labute approximate surface area is 242 Å². The zero-order valence-corrected chi connectivity index (χ0v) is 23.5. The molecule has 1 saturated heterocycles. The van der Waals surface area contributed by atoms with Crippen LogP contribution in [0.4, 0.5) is 17.1 Å². The largest absolute Gasteiger partial charge is 0.380 e. The van der Waals surface area contributed by atoms with Gasteiger partial charge in [0.15, 0.2) is 5.82 Å². The van der Waals surface area contributed by atoms with Gasteiger partial charge in [0.25, 0.3) is 12.1 Å². The van der Waals surface area contributed by atoms with Gasteiger partial charge in [-0.1, -0.05) is 24.6 Å². The van der Waals surface area contributed by atoms with Gasteiger partial charge >= 0.3 is 0 Å². The molecule has 4 N–H and O–H groups in total. The van der Waals surface area contributed by atoms with Crippen molar-refractivity contribution < 1.29 is 9.72 Å². The first-order valence-electron chi connectivity index (χ1n) is 13.7. The van der Waals surface area contributed by atoms with E-state index in [1.807, 2.05) is 41.8 Å². The van der Waals surface area contributed by atoms with Crippen LogP contribution in [0.1, 0.15) is 34.5 Å². The van der Waals surface area contributed by atoms with Crippen molar-refractivity contribution in [1.82, 2.24) is 15.2 Å². The molecule has 10 nitrogen and oxygen atoms in total. The highest BCUT2D eigenvalue weighted by molar-refractivity contribution is 7.12. The number of piperidine rings is 1. The Morgan fingerprint density at radius 2 is 1.76 bits per heavy atom. The maximum atomic E-state index is 13.1. The minimum atomic E-state index is -0.478. The van der Waals surface area contributed by atoms with Crippen LogP contribution in [-0.4, -0.2) is 46.9 Å². The number of thiophene rings is 1. The third-order valence-corrected chi connectivity index (χ3v) is 7.84. The number of nitro groups is 1. The Balaban J connectivity index is 1.16. The predicted molar refractivity (Wildman–Crippen MR) is 165 cm³/mol. The summed E-state index contributed by atoms with van der Waals surface area (Å²) in [6.07, 6.45) is 6.40. The molecule has 0 bridgehead atoms. The highest BCUT2D eigenvalue weighted by Crippen LogP contribution is 2.26. The standard InChI is InChI=1S/C30H33N7O3S/c38-30(29-27(13-19-41-29)33-20-22-12-14-31-26-7-3-2-6-25(22)26)35-24-10-8-23(9-11-24)34-28(21-37(39)40)32-15-18-36-16-4-1-5-17-36/h2-3,6-14,19,21,32-34H,1,4-5,15-18,20H2,(H,35,38)/b28-21-. The number of aromatic nitrogens is 1. The molecule has 1 fully saturated rings. The number of nitrogens with zero attached hydrogens (tertiary/aromatic N) is 3. The van der Waals surface area contributed by atoms with E-state index < -0.39 is 4.92 Å². The van der Waals surface area contributed by atoms with Gasteiger partial charge in [-0.15, -0.1) is 11.3 Å². The minimum Gasteiger partial charge on any atom is -0.380 e. The van der Waals surface area contributed by atoms with Crippen molar-refractivity contribution in [2.45, 2.75) is 25.8 Å². The lowest BCUT2D eigenvalue weighted by molar-refractivity contribution is -0.403. The Kier molecular flexibility index (Phi) is 9.40. The second-order valence-electron chi connectivity index (χ2n) is 9.82. The summed E-state index contributed by atoms with van der Waals surface area (Å²) in [7, 11) is 0. The number of amides is 1. The molecule has 0 saturated carbocycles. The van der Waals surface area contributed by atoms with Crippen LogP contribution >= 0.6 is 11.3 Å². The maximum Gasteiger partial charge on any atom is 0.274 e. The molecule has 212 valence electrons. The van der Waals surface area contributed by atoms with E-state index in [9.17, 15) is 14.9 Å². The van der Waals surface area contributed by atoms with Gasteiger partial charge in [-0.3, -0.25) is 19.9 Å². The molecular weight excluding hydrogens is 538 g/mol. The first-order valence-corrected chi connectivity index (χ1v) is 14.6. The number of hydrogen-bond donors (Lipinski definition) is 4. The van der Waals surface area contributed by atoms with Crippen LogP contribution < -0.4 is 21.3 Å². The van der Waals surface area contributed by atoms with Gasteiger partial charge in [0, 0.05) is 42.6 Å². The fourth-order valence-electron chi connectivity index (χ4n) is 4.86. The van der Waals surface area contributed by atoms with E-state index in [0.29, 0.717) is 35.2 Å². The minimum absolute atomic E-state index is 0.212. The van der Waals surface area contributed by atoms with Crippen LogP contribution in [0.3, 0.4) is 0 Å². The summed E-state index contributed by atoms with van der Waals surface area (Å²) in [6.45, 7) is 4.14. The van der Waals surface area contributed by atoms with Gasteiger partial charge in [0.1, 0.15) is 4.88 Å². The average Bonchev–Trinajstić information content (AvgIpc) is 3.46. The molecule has 41 heavy (non-hydrogen) atoms. The third kappa shape index (κ3) is 7.80. The maximum absolute atomic E-state index is 13.1. The molecule has 4 aromatic rings. The summed E-state index contributed by atoms with van der Waals surface area (Å²) < 4.78 is 0. The molecule has 2 aromatic heterocycles. The van der Waals surface area contributed by atoms with E-state index in [4.69, 9.17) is 0 Å². The molecular formula is C30H33N7O3S. The van der Waals surface area contributed by atoms with Gasteiger partial charge < -0.3 is 26.2 Å². The number of benzene rings is 2. The zero-order chi connectivity index (χ0) is 28.4. The highest BCUT2D eigenvalue weighted by Gasteiger charge is 2.15. The summed E-state index contributed by atoms with van der Waals surface area (Å²) in [4.78, 5) is 31.1. The van der Waals surface area contributed by atoms with Crippen LogP contribution in [0.2, 0.25) is 0 Å². The molecule has 1 amide bonds. The Hall–Kier alpha value is -4.48. The molecule has 3 heterocycles. The second-order valence-corrected chi connectivity index (χ2v) is 10.7. The Morgan fingerprint density at radius 1 is 1.00 bits per heavy atom. The Morgan fingerprint density at radius 3 is 2.54 bits per heavy atom. The first kappa shape index (κ1) is 28.1. The van der Waals surface area contributed by atoms with E-state index in [0.717, 1.165) is 48.0 Å². The number of anilines is 3. The van der Waals surface area contributed by atoms with Crippen LogP contribution in [0.25, 0.3) is 10.9 Å². The quantitative estimate of drug-likeness (QED) is 0.126. The fourth-order valence-corrected chi connectivity index (χ4v) is 5.63. The lowest BCUT2D eigenvalue weighted by atomic mass is 10.1. The van der Waals surface area contributed by atoms with Gasteiger partial charge in [-0.2, -0.15) is 0 Å². The summed E-state index contributed by atoms with van der Waals surface area (Å²) in [5.41, 5.74) is 4.09. The zero-order valence-electron chi connectivity index (χ0n) is 22.6. The molecule has 5 rings (SSSR count). The van der Waals surface area contributed by atoms with E-state index in [2.05, 4.69) is 31.2 Å². The Bertz CT molecular complexity index is 1510. The number of rotatable bonds is 12. The number of fused-ring (bicyclic) bond motifs is 1. The number of nitrogens with one attached hydrogen (secondary N) is 4. The smallest absolute Gasteiger partial charge is 0.274 e. The number of carbonyl (C=O) groups is 1. The molecule has 11 heteroatoms. The van der Waals surface area contributed by atoms with Crippen molar-refractivity contribution in [3.8, 4) is 0 Å². The number of likely N-dealkylation sites (tertiary alicyclic amines) is 1. The van der Waals surface area contributed by atoms with Crippen LogP contribution in [0, 0.1) is 10.1 Å². The number of pyridine rings is 1. The fraction of sp³-hybridized carbons (Fsp3) is 0.267. The van der Waals surface area contributed by atoms with Crippen LogP contribution in [0.15, 0.2) is 84.3 Å². The van der Waals surface area contributed by atoms with Gasteiger partial charge in [-0.05, 0) is 79.3 Å². The summed E-state index contributed by atoms with van der Waals surface area (Å²) in [5.74, 6) is 0.108. The molecule has 0 spiro atoms. The molecule has 1 aliphatic heterocycles. The van der Waals surface area contributed by atoms with E-state index in [1.54, 1.807) is 30.5 Å². The van der Waals surface area contributed by atoms with Gasteiger partial charge in [0.2, 0.25) is 0 Å². The van der Waals surface area contributed by atoms with Crippen molar-refractivity contribution in [3.63, 3.8) is 0 Å². The highest BCUT2D eigenvalue weighted by atomic mass is 32.1. The topological polar surface area (TPSA) is 124 Å². The lowest BCUT2D eigenvalue weighted by Crippen LogP contribution is -2.36. The third-order valence-electron chi connectivity index (χ3n) is 6.93. The van der Waals surface area contributed by atoms with E-state index in [-0.39, 0.29) is 5.91 Å². The van der Waals surface area contributed by atoms with Crippen molar-refractivity contribution >= 4 is 45.2 Å². The molecule has 0 atom stereocenters. The van der Waals surface area contributed by atoms with Crippen molar-refractivity contribution in [1.29, 1.82) is 0 Å². The van der Waals surface area contributed by atoms with E-state index in [1.165, 1.54) is 30.6 Å². The molecule has 0 unspecified atom stereocenters. The van der Waals surface area contributed by atoms with Crippen LogP contribution in [0.5, 0.6) is 0 Å². The lowest BCUT2D eigenvalue weighted by Gasteiger charge is -2.26. The average molecular weight is 572 g/mol. The summed E-state index contributed by atoms with van der Waals surface area (Å²) in [5, 5.41) is 26.7. The van der Waals surface area contributed by atoms with Crippen molar-refractivity contribution in [3.05, 3.63) is 105 Å². The van der Waals surface area contributed by atoms with Crippen LogP contribution in [-0.2, 0) is 6.54 Å². The predicted octanol–water partition coefficient (Wildman–Crippen LogP) is 5.72. The molecule has 1 aliphatic rings. The second kappa shape index (κ2) is 13.7. The summed E-state index contributed by atoms with van der Waals surface area (Å²) in [6, 6.07) is 18.9. The SMILES string of the molecule is O=C(Nc1ccc(N/C(=C\[N+](=O)[O-])NCCN2CCCCC2)cc1)c1sccc1NCc1ccnc2ccccc12. The molecule has 2 aromatic carbocycles. The number of para-hydroxylation sites is 1. The molecule has 0 radical (unpaired) electrons. The number of carbonyl (C=O) groups excluding carboxylic acids is 1.